The number of nitrogens with zero attached hydrogens (tertiary/aromatic N) is 2. The highest BCUT2D eigenvalue weighted by Crippen LogP contribution is 2.60. The molecule has 132 valence electrons. The molecule has 5 nitrogen and oxygen atoms in total. The number of nitrogens with one attached hydrogen (secondary N) is 1. The number of benzene rings is 1. The van der Waals surface area contributed by atoms with Crippen LogP contribution in [0.15, 0.2) is 30.5 Å². The molecule has 2 aliphatic rings. The molecule has 1 amide bonds. The Balaban J connectivity index is 1.47. The first kappa shape index (κ1) is 16.1. The number of aromatic nitrogens is 2. The van der Waals surface area contributed by atoms with E-state index in [4.69, 9.17) is 4.74 Å². The fourth-order valence-corrected chi connectivity index (χ4v) is 3.50. The molecule has 0 bridgehead atoms. The van der Waals surface area contributed by atoms with Gasteiger partial charge in [0.2, 0.25) is 0 Å². The molecule has 0 saturated heterocycles. The number of hydrogen-bond donors (Lipinski definition) is 1. The monoisotopic (exact) mass is 347 g/mol. The number of hydrogen-bond acceptors (Lipinski definition) is 3. The van der Waals surface area contributed by atoms with Crippen molar-refractivity contribution < 1.29 is 18.3 Å². The highest BCUT2D eigenvalue weighted by molar-refractivity contribution is 5.87. The third-order valence-electron chi connectivity index (χ3n) is 4.90. The van der Waals surface area contributed by atoms with E-state index in [1.807, 2.05) is 24.3 Å². The molecule has 0 radical (unpaired) electrons. The van der Waals surface area contributed by atoms with Gasteiger partial charge in [0.1, 0.15) is 0 Å². The topological polar surface area (TPSA) is 56.1 Å². The molecule has 1 N–H and O–H groups in total. The molecule has 0 aliphatic heterocycles. The summed E-state index contributed by atoms with van der Waals surface area (Å²) in [5.74, 6) is 1.78. The van der Waals surface area contributed by atoms with E-state index >= 15 is 0 Å². The Bertz CT molecular complexity index is 801. The van der Waals surface area contributed by atoms with Crippen molar-refractivity contribution in [1.82, 2.24) is 9.78 Å². The molecule has 2 saturated carbocycles. The number of carbonyl (C=O) groups is 1. The zero-order valence-electron chi connectivity index (χ0n) is 13.8. The summed E-state index contributed by atoms with van der Waals surface area (Å²) in [7, 11) is 1.50. The summed E-state index contributed by atoms with van der Waals surface area (Å²) in [6, 6.07) is 7.61. The third kappa shape index (κ3) is 3.36. The number of alkyl halides is 2. The molecular formula is C18H19F2N3O2. The van der Waals surface area contributed by atoms with Crippen LogP contribution in [0.5, 0.6) is 5.75 Å². The molecule has 2 aliphatic carbocycles. The molecule has 2 atom stereocenters. The number of para-hydroxylation sites is 1. The van der Waals surface area contributed by atoms with Gasteiger partial charge in [0, 0.05) is 12.7 Å². The van der Waals surface area contributed by atoms with Gasteiger partial charge >= 0.3 is 6.09 Å². The van der Waals surface area contributed by atoms with Crippen LogP contribution in [0, 0.1) is 11.8 Å². The number of anilines is 1. The molecular weight excluding hydrogens is 328 g/mol. The highest BCUT2D eigenvalue weighted by Gasteiger charge is 2.48. The Morgan fingerprint density at radius 3 is 2.84 bits per heavy atom. The summed E-state index contributed by atoms with van der Waals surface area (Å²) in [4.78, 5) is 12.2. The maximum atomic E-state index is 12.9. The van der Waals surface area contributed by atoms with Crippen LogP contribution in [-0.2, 0) is 7.05 Å². The lowest BCUT2D eigenvalue weighted by molar-refractivity contribution is 0.141. The number of ether oxygens (including phenoxy) is 1. The Labute approximate surface area is 144 Å². The quantitative estimate of drug-likeness (QED) is 0.867. The van der Waals surface area contributed by atoms with Crippen LogP contribution in [0.1, 0.15) is 42.9 Å². The Kier molecular flexibility index (Phi) is 3.94. The van der Waals surface area contributed by atoms with Gasteiger partial charge in [-0.2, -0.15) is 5.10 Å². The second-order valence-electron chi connectivity index (χ2n) is 6.80. The molecule has 0 unspecified atom stereocenters. The van der Waals surface area contributed by atoms with E-state index in [-0.39, 0.29) is 5.75 Å². The predicted octanol–water partition coefficient (Wildman–Crippen LogP) is 4.48. The van der Waals surface area contributed by atoms with Gasteiger partial charge in [-0.3, -0.25) is 10.00 Å². The first-order chi connectivity index (χ1) is 12.0. The summed E-state index contributed by atoms with van der Waals surface area (Å²) >= 11 is 0. The molecule has 25 heavy (non-hydrogen) atoms. The molecule has 0 spiro atoms. The summed E-state index contributed by atoms with van der Waals surface area (Å²) in [6.07, 6.45) is 1.42. The average Bonchev–Trinajstić information content (AvgIpc) is 3.45. The second kappa shape index (κ2) is 6.13. The molecule has 1 aromatic carbocycles. The van der Waals surface area contributed by atoms with Crippen LogP contribution >= 0.6 is 0 Å². The summed E-state index contributed by atoms with van der Waals surface area (Å²) in [5.41, 5.74) is 1.24. The van der Waals surface area contributed by atoms with Crippen LogP contribution < -0.4 is 10.1 Å². The van der Waals surface area contributed by atoms with Crippen LogP contribution in [-0.4, -0.2) is 15.9 Å². The van der Waals surface area contributed by atoms with Gasteiger partial charge in [-0.15, -0.1) is 0 Å². The van der Waals surface area contributed by atoms with Crippen molar-refractivity contribution in [2.75, 3.05) is 5.32 Å². The first-order valence-corrected chi connectivity index (χ1v) is 8.42. The van der Waals surface area contributed by atoms with Crippen molar-refractivity contribution in [2.24, 2.45) is 18.9 Å². The normalized spacial score (nSPS) is 22.1. The molecule has 2 fully saturated rings. The van der Waals surface area contributed by atoms with Crippen molar-refractivity contribution in [3.8, 4) is 5.75 Å². The van der Waals surface area contributed by atoms with Crippen LogP contribution in [0.25, 0.3) is 0 Å². The van der Waals surface area contributed by atoms with E-state index in [0.717, 1.165) is 17.9 Å². The zero-order valence-corrected chi connectivity index (χ0v) is 13.8. The smallest absolute Gasteiger partial charge is 0.406 e. The SMILES string of the molecule is Cn1cc(OC(=O)Nc2ccccc2[C@H]2C[C@H]2C2CC2)c(C(F)F)n1. The minimum absolute atomic E-state index is 0.227. The molecule has 1 heterocycles. The molecule has 1 aromatic heterocycles. The molecule has 4 rings (SSSR count). The number of carbonyl (C=O) groups excluding carboxylic acids is 1. The molecule has 7 heteroatoms. The standard InChI is InChI=1S/C18H19F2N3O2/c1-23-9-15(16(22-23)17(19)20)25-18(24)21-14-5-3-2-4-11(14)13-8-12(13)10-6-7-10/h2-5,9-10,12-13,17H,6-8H2,1H3,(H,21,24)/t12-,13+/m0/s1. The van der Waals surface area contributed by atoms with E-state index < -0.39 is 18.2 Å². The number of rotatable bonds is 5. The van der Waals surface area contributed by atoms with Crippen molar-refractivity contribution in [1.29, 1.82) is 0 Å². The summed E-state index contributed by atoms with van der Waals surface area (Å²) < 4.78 is 32.1. The van der Waals surface area contributed by atoms with Crippen LogP contribution in [0.3, 0.4) is 0 Å². The maximum Gasteiger partial charge on any atom is 0.417 e. The van der Waals surface area contributed by atoms with E-state index in [0.29, 0.717) is 17.5 Å². The lowest BCUT2D eigenvalue weighted by Crippen LogP contribution is -2.18. The lowest BCUT2D eigenvalue weighted by atomic mass is 10.1. The van der Waals surface area contributed by atoms with Crippen LogP contribution in [0.4, 0.5) is 19.3 Å². The first-order valence-electron chi connectivity index (χ1n) is 8.42. The van der Waals surface area contributed by atoms with Gasteiger partial charge in [0.15, 0.2) is 11.4 Å². The average molecular weight is 347 g/mol. The van der Waals surface area contributed by atoms with E-state index in [1.54, 1.807) is 0 Å². The largest absolute Gasteiger partial charge is 0.417 e. The fraction of sp³-hybridized carbons (Fsp3) is 0.444. The van der Waals surface area contributed by atoms with Gasteiger partial charge in [-0.1, -0.05) is 18.2 Å². The van der Waals surface area contributed by atoms with E-state index in [9.17, 15) is 13.6 Å². The zero-order chi connectivity index (χ0) is 17.6. The van der Waals surface area contributed by atoms with Crippen molar-refractivity contribution in [3.05, 3.63) is 41.7 Å². The van der Waals surface area contributed by atoms with Crippen LogP contribution in [0.2, 0.25) is 0 Å². The Morgan fingerprint density at radius 1 is 1.36 bits per heavy atom. The minimum Gasteiger partial charge on any atom is -0.406 e. The number of halogens is 2. The molecule has 2 aromatic rings. The lowest BCUT2D eigenvalue weighted by Gasteiger charge is -2.11. The van der Waals surface area contributed by atoms with E-state index in [1.165, 1.54) is 30.8 Å². The maximum absolute atomic E-state index is 12.9. The van der Waals surface area contributed by atoms with Crippen molar-refractivity contribution in [2.45, 2.75) is 31.6 Å². The highest BCUT2D eigenvalue weighted by atomic mass is 19.3. The van der Waals surface area contributed by atoms with E-state index in [2.05, 4.69) is 10.4 Å². The fourth-order valence-electron chi connectivity index (χ4n) is 3.50. The minimum atomic E-state index is -2.80. The predicted molar refractivity (Wildman–Crippen MR) is 87.8 cm³/mol. The van der Waals surface area contributed by atoms with Gasteiger partial charge < -0.3 is 4.74 Å². The van der Waals surface area contributed by atoms with Gasteiger partial charge in [-0.25, -0.2) is 13.6 Å². The summed E-state index contributed by atoms with van der Waals surface area (Å²) in [5, 5.41) is 6.32. The number of aryl methyl sites for hydroxylation is 1. The number of amides is 1. The van der Waals surface area contributed by atoms with Crippen molar-refractivity contribution in [3.63, 3.8) is 0 Å². The third-order valence-corrected chi connectivity index (χ3v) is 4.90. The van der Waals surface area contributed by atoms with Gasteiger partial charge in [-0.05, 0) is 48.6 Å². The Hall–Kier alpha value is -2.44. The Morgan fingerprint density at radius 2 is 2.12 bits per heavy atom. The second-order valence-corrected chi connectivity index (χ2v) is 6.80. The van der Waals surface area contributed by atoms with Gasteiger partial charge in [0.25, 0.3) is 6.43 Å². The van der Waals surface area contributed by atoms with Crippen molar-refractivity contribution >= 4 is 11.8 Å². The van der Waals surface area contributed by atoms with Gasteiger partial charge in [0.05, 0.1) is 6.20 Å². The summed E-state index contributed by atoms with van der Waals surface area (Å²) in [6.45, 7) is 0.